The van der Waals surface area contributed by atoms with Crippen LogP contribution in [0.25, 0.3) is 17.1 Å². The van der Waals surface area contributed by atoms with Gasteiger partial charge in [0.2, 0.25) is 5.91 Å². The number of carbonyl (C=O) groups is 1. The highest BCUT2D eigenvalue weighted by Gasteiger charge is 2.34. The van der Waals surface area contributed by atoms with Crippen molar-refractivity contribution >= 4 is 17.4 Å². The second kappa shape index (κ2) is 8.02. The van der Waals surface area contributed by atoms with Gasteiger partial charge in [0.15, 0.2) is 5.82 Å². The summed E-state index contributed by atoms with van der Waals surface area (Å²) in [5, 5.41) is 11.4. The molecule has 1 aliphatic rings. The van der Waals surface area contributed by atoms with Crippen molar-refractivity contribution < 1.29 is 4.79 Å². The molecule has 3 aromatic heterocycles. The van der Waals surface area contributed by atoms with Gasteiger partial charge < -0.3 is 10.2 Å². The molecule has 1 aromatic carbocycles. The number of hydrogen-bond donors (Lipinski definition) is 1. The monoisotopic (exact) mass is 429 g/mol. The first-order valence-corrected chi connectivity index (χ1v) is 9.95. The standard InChI is InChI=1S/C21H19N9O2/c1-28-20(31)7-6-17(27-28)15-4-2-3-5-16(15)26-21(32)14-9-29(10-14)18-8-19(24-12-23-18)30-13-22-11-25-30/h2-8,11-14H,9-10H2,1H3,(H,26,32). The highest BCUT2D eigenvalue weighted by atomic mass is 16.2. The maximum Gasteiger partial charge on any atom is 0.266 e. The fourth-order valence-electron chi connectivity index (χ4n) is 3.49. The van der Waals surface area contributed by atoms with Crippen molar-refractivity contribution in [3.8, 4) is 17.1 Å². The number of aryl methyl sites for hydroxylation is 1. The summed E-state index contributed by atoms with van der Waals surface area (Å²) in [7, 11) is 1.59. The summed E-state index contributed by atoms with van der Waals surface area (Å²) in [6.07, 6.45) is 4.47. The Morgan fingerprint density at radius 3 is 2.66 bits per heavy atom. The van der Waals surface area contributed by atoms with E-state index in [-0.39, 0.29) is 17.4 Å². The molecule has 1 N–H and O–H groups in total. The molecule has 160 valence electrons. The zero-order valence-electron chi connectivity index (χ0n) is 17.2. The van der Waals surface area contributed by atoms with Gasteiger partial charge in [0.05, 0.1) is 17.3 Å². The minimum absolute atomic E-state index is 0.0796. The number of aromatic nitrogens is 7. The smallest absolute Gasteiger partial charge is 0.266 e. The molecule has 11 heteroatoms. The van der Waals surface area contributed by atoms with E-state index < -0.39 is 0 Å². The lowest BCUT2D eigenvalue weighted by Crippen LogP contribution is -2.52. The molecule has 32 heavy (non-hydrogen) atoms. The maximum atomic E-state index is 12.9. The largest absolute Gasteiger partial charge is 0.355 e. The lowest BCUT2D eigenvalue weighted by molar-refractivity contribution is -0.120. The van der Waals surface area contributed by atoms with Crippen molar-refractivity contribution in [2.75, 3.05) is 23.3 Å². The average Bonchev–Trinajstić information content (AvgIpc) is 3.30. The van der Waals surface area contributed by atoms with Crippen molar-refractivity contribution in [3.63, 3.8) is 0 Å². The third-order valence-corrected chi connectivity index (χ3v) is 5.29. The Morgan fingerprint density at radius 2 is 1.88 bits per heavy atom. The molecule has 1 saturated heterocycles. The molecule has 0 bridgehead atoms. The number of nitrogens with one attached hydrogen (secondary N) is 1. The van der Waals surface area contributed by atoms with Gasteiger partial charge in [-0.1, -0.05) is 18.2 Å². The van der Waals surface area contributed by atoms with E-state index >= 15 is 0 Å². The lowest BCUT2D eigenvalue weighted by Gasteiger charge is -2.39. The van der Waals surface area contributed by atoms with Gasteiger partial charge in [0.25, 0.3) is 5.56 Å². The molecule has 0 saturated carbocycles. The van der Waals surface area contributed by atoms with Gasteiger partial charge >= 0.3 is 0 Å². The van der Waals surface area contributed by atoms with Crippen LogP contribution in [0.15, 0.2) is 66.2 Å². The SMILES string of the molecule is Cn1nc(-c2ccccc2NC(=O)C2CN(c3cc(-n4cncn4)ncn3)C2)ccc1=O. The predicted molar refractivity (Wildman–Crippen MR) is 116 cm³/mol. The topological polar surface area (TPSA) is 124 Å². The summed E-state index contributed by atoms with van der Waals surface area (Å²) >= 11 is 0. The van der Waals surface area contributed by atoms with Crippen LogP contribution < -0.4 is 15.8 Å². The first kappa shape index (κ1) is 19.5. The molecule has 1 fully saturated rings. The summed E-state index contributed by atoms with van der Waals surface area (Å²) in [5.41, 5.74) is 1.82. The van der Waals surface area contributed by atoms with Crippen LogP contribution in [0.4, 0.5) is 11.5 Å². The van der Waals surface area contributed by atoms with E-state index in [9.17, 15) is 9.59 Å². The number of hydrogen-bond acceptors (Lipinski definition) is 8. The summed E-state index contributed by atoms with van der Waals surface area (Å²) in [5.74, 6) is 1.08. The molecular weight excluding hydrogens is 410 g/mol. The van der Waals surface area contributed by atoms with Gasteiger partial charge in [0, 0.05) is 37.8 Å². The second-order valence-electron chi connectivity index (χ2n) is 7.39. The van der Waals surface area contributed by atoms with E-state index in [0.717, 1.165) is 11.4 Å². The van der Waals surface area contributed by atoms with Gasteiger partial charge in [-0.3, -0.25) is 9.59 Å². The maximum absolute atomic E-state index is 12.9. The fourth-order valence-corrected chi connectivity index (χ4v) is 3.49. The number of para-hydroxylation sites is 1. The van der Waals surface area contributed by atoms with E-state index in [4.69, 9.17) is 0 Å². The molecule has 4 aromatic rings. The van der Waals surface area contributed by atoms with Gasteiger partial charge in [-0.2, -0.15) is 10.2 Å². The molecule has 1 amide bonds. The first-order chi connectivity index (χ1) is 15.6. The van der Waals surface area contributed by atoms with Crippen molar-refractivity contribution in [3.05, 3.63) is 71.8 Å². The second-order valence-corrected chi connectivity index (χ2v) is 7.39. The molecule has 11 nitrogen and oxygen atoms in total. The Morgan fingerprint density at radius 1 is 1.06 bits per heavy atom. The number of benzene rings is 1. The quantitative estimate of drug-likeness (QED) is 0.496. The van der Waals surface area contributed by atoms with Crippen molar-refractivity contribution in [2.24, 2.45) is 13.0 Å². The highest BCUT2D eigenvalue weighted by Crippen LogP contribution is 2.28. The van der Waals surface area contributed by atoms with Gasteiger partial charge in [-0.25, -0.2) is 24.3 Å². The van der Waals surface area contributed by atoms with Crippen LogP contribution >= 0.6 is 0 Å². The summed E-state index contributed by atoms with van der Waals surface area (Å²) in [6.45, 7) is 1.08. The Labute approximate surface area is 182 Å². The van der Waals surface area contributed by atoms with E-state index in [0.29, 0.717) is 30.3 Å². The van der Waals surface area contributed by atoms with Crippen LogP contribution in [0, 0.1) is 5.92 Å². The first-order valence-electron chi connectivity index (χ1n) is 9.95. The lowest BCUT2D eigenvalue weighted by atomic mass is 9.98. The number of nitrogens with zero attached hydrogens (tertiary/aromatic N) is 8. The zero-order chi connectivity index (χ0) is 22.1. The molecule has 0 unspecified atom stereocenters. The Bertz CT molecular complexity index is 1330. The van der Waals surface area contributed by atoms with Gasteiger partial charge in [-0.15, -0.1) is 0 Å². The van der Waals surface area contributed by atoms with Crippen molar-refractivity contribution in [1.29, 1.82) is 0 Å². The summed E-state index contributed by atoms with van der Waals surface area (Å²) in [4.78, 5) is 38.9. The minimum Gasteiger partial charge on any atom is -0.355 e. The molecule has 0 spiro atoms. The number of rotatable bonds is 5. The number of anilines is 2. The summed E-state index contributed by atoms with van der Waals surface area (Å²) < 4.78 is 2.83. The predicted octanol–water partition coefficient (Wildman–Crippen LogP) is 0.893. The van der Waals surface area contributed by atoms with E-state index in [1.165, 1.54) is 23.4 Å². The highest BCUT2D eigenvalue weighted by molar-refractivity contribution is 5.97. The molecule has 4 heterocycles. The Balaban J connectivity index is 1.28. The fraction of sp³-hybridized carbons (Fsp3) is 0.190. The van der Waals surface area contributed by atoms with E-state index in [1.807, 2.05) is 35.2 Å². The molecule has 5 rings (SSSR count). The van der Waals surface area contributed by atoms with Gasteiger partial charge in [-0.05, 0) is 12.1 Å². The third-order valence-electron chi connectivity index (χ3n) is 5.29. The van der Waals surface area contributed by atoms with Crippen LogP contribution in [0.1, 0.15) is 0 Å². The Hall–Kier alpha value is -4.41. The van der Waals surface area contributed by atoms with Crippen LogP contribution in [0.2, 0.25) is 0 Å². The minimum atomic E-state index is -0.193. The van der Waals surface area contributed by atoms with E-state index in [2.05, 4.69) is 30.5 Å². The van der Waals surface area contributed by atoms with Gasteiger partial charge in [0.1, 0.15) is 24.8 Å². The average molecular weight is 429 g/mol. The van der Waals surface area contributed by atoms with E-state index in [1.54, 1.807) is 24.1 Å². The van der Waals surface area contributed by atoms with Crippen LogP contribution in [-0.2, 0) is 11.8 Å². The van der Waals surface area contributed by atoms with Crippen LogP contribution in [0.5, 0.6) is 0 Å². The molecule has 1 aliphatic heterocycles. The zero-order valence-corrected chi connectivity index (χ0v) is 17.2. The molecular formula is C21H19N9O2. The third kappa shape index (κ3) is 3.71. The van der Waals surface area contributed by atoms with Crippen LogP contribution in [0.3, 0.4) is 0 Å². The molecule has 0 aliphatic carbocycles. The Kier molecular flexibility index (Phi) is 4.90. The number of carbonyl (C=O) groups excluding carboxylic acids is 1. The van der Waals surface area contributed by atoms with Crippen molar-refractivity contribution in [2.45, 2.75) is 0 Å². The van der Waals surface area contributed by atoms with Crippen molar-refractivity contribution in [1.82, 2.24) is 34.5 Å². The normalized spacial score (nSPS) is 13.6. The number of amides is 1. The summed E-state index contributed by atoms with van der Waals surface area (Å²) in [6, 6.07) is 12.3. The molecule has 0 atom stereocenters. The van der Waals surface area contributed by atoms with Crippen LogP contribution in [-0.4, -0.2) is 53.5 Å². The molecule has 0 radical (unpaired) electrons.